The summed E-state index contributed by atoms with van der Waals surface area (Å²) in [5, 5.41) is 8.08. The molecule has 3 rings (SSSR count). The molecule has 1 saturated heterocycles. The van der Waals surface area contributed by atoms with Crippen LogP contribution >= 0.6 is 12.4 Å². The van der Waals surface area contributed by atoms with Crippen molar-refractivity contribution in [3.05, 3.63) is 47.5 Å². The Labute approximate surface area is 167 Å². The molecule has 1 aliphatic rings. The molecule has 6 nitrogen and oxygen atoms in total. The first kappa shape index (κ1) is 21.4. The van der Waals surface area contributed by atoms with E-state index in [1.807, 2.05) is 34.0 Å². The Morgan fingerprint density at radius 3 is 2.63 bits per heavy atom. The number of halogens is 1. The molecule has 0 aromatic carbocycles. The van der Waals surface area contributed by atoms with Crippen molar-refractivity contribution in [2.75, 3.05) is 19.6 Å². The lowest BCUT2D eigenvalue weighted by atomic mass is 10.0. The number of piperazine rings is 1. The van der Waals surface area contributed by atoms with E-state index >= 15 is 0 Å². The molecule has 1 amide bonds. The van der Waals surface area contributed by atoms with Crippen LogP contribution < -0.4 is 5.32 Å². The van der Waals surface area contributed by atoms with Crippen molar-refractivity contribution >= 4 is 18.3 Å². The fourth-order valence-electron chi connectivity index (χ4n) is 3.41. The maximum Gasteiger partial charge on any atom is 0.274 e. The highest BCUT2D eigenvalue weighted by Gasteiger charge is 2.32. The first-order chi connectivity index (χ1) is 12.3. The summed E-state index contributed by atoms with van der Waals surface area (Å²) in [6.07, 6.45) is 3.59. The monoisotopic (exact) mass is 391 g/mol. The van der Waals surface area contributed by atoms with Gasteiger partial charge in [-0.25, -0.2) is 0 Å². The third-order valence-corrected chi connectivity index (χ3v) is 4.76. The van der Waals surface area contributed by atoms with Crippen LogP contribution in [0.2, 0.25) is 0 Å². The zero-order valence-electron chi connectivity index (χ0n) is 16.8. The minimum absolute atomic E-state index is 0. The number of pyridine rings is 1. The summed E-state index contributed by atoms with van der Waals surface area (Å²) in [7, 11) is 0. The second-order valence-corrected chi connectivity index (χ2v) is 8.20. The van der Waals surface area contributed by atoms with Crippen molar-refractivity contribution in [2.45, 2.75) is 52.1 Å². The van der Waals surface area contributed by atoms with E-state index in [0.717, 1.165) is 24.3 Å². The molecule has 1 atom stereocenters. The van der Waals surface area contributed by atoms with Crippen LogP contribution in [0.15, 0.2) is 30.6 Å². The number of hydrogen-bond donors (Lipinski definition) is 1. The van der Waals surface area contributed by atoms with Crippen molar-refractivity contribution in [2.24, 2.45) is 0 Å². The number of hydrogen-bond acceptors (Lipinski definition) is 4. The van der Waals surface area contributed by atoms with Crippen molar-refractivity contribution in [1.29, 1.82) is 0 Å². The van der Waals surface area contributed by atoms with Gasteiger partial charge in [0, 0.05) is 37.7 Å². The Morgan fingerprint density at radius 2 is 2.07 bits per heavy atom. The highest BCUT2D eigenvalue weighted by molar-refractivity contribution is 5.93. The molecule has 0 aliphatic carbocycles. The van der Waals surface area contributed by atoms with Crippen LogP contribution in [0, 0.1) is 0 Å². The van der Waals surface area contributed by atoms with E-state index in [2.05, 4.69) is 44.9 Å². The van der Waals surface area contributed by atoms with Gasteiger partial charge < -0.3 is 10.2 Å². The van der Waals surface area contributed by atoms with Gasteiger partial charge in [-0.1, -0.05) is 19.9 Å². The summed E-state index contributed by atoms with van der Waals surface area (Å²) in [5.74, 6) is 0.297. The van der Waals surface area contributed by atoms with Gasteiger partial charge in [-0.05, 0) is 44.4 Å². The normalized spacial score (nSPS) is 17.7. The van der Waals surface area contributed by atoms with E-state index in [4.69, 9.17) is 5.10 Å². The first-order valence-electron chi connectivity index (χ1n) is 9.31. The number of carbonyl (C=O) groups is 1. The minimum atomic E-state index is -0.162. The zero-order valence-corrected chi connectivity index (χ0v) is 17.6. The highest BCUT2D eigenvalue weighted by Crippen LogP contribution is 2.27. The number of rotatable bonds is 3. The van der Waals surface area contributed by atoms with E-state index in [9.17, 15) is 4.79 Å². The van der Waals surface area contributed by atoms with E-state index in [1.54, 1.807) is 6.20 Å². The summed E-state index contributed by atoms with van der Waals surface area (Å²) in [6.45, 7) is 12.8. The first-order valence-corrected chi connectivity index (χ1v) is 9.31. The highest BCUT2D eigenvalue weighted by atomic mass is 35.5. The molecule has 1 unspecified atom stereocenters. The number of carbonyl (C=O) groups excluding carboxylic acids is 1. The molecular formula is C20H30ClN5O. The standard InChI is InChI=1S/C20H29N5O.ClH/c1-14(2)17-11-16(23-25(17)20(3,4)5)19(26)24-10-9-22-13-18(24)15-7-6-8-21-12-15;/h6-8,11-12,14,18,22H,9-10,13H2,1-5H3;1H. The molecule has 0 spiro atoms. The Kier molecular flexibility index (Phi) is 6.65. The largest absolute Gasteiger partial charge is 0.328 e. The fourth-order valence-corrected chi connectivity index (χ4v) is 3.41. The molecule has 148 valence electrons. The zero-order chi connectivity index (χ0) is 18.9. The molecule has 0 saturated carbocycles. The third kappa shape index (κ3) is 4.50. The van der Waals surface area contributed by atoms with Crippen molar-refractivity contribution in [1.82, 2.24) is 25.0 Å². The predicted octanol–water partition coefficient (Wildman–Crippen LogP) is 3.37. The van der Waals surface area contributed by atoms with Crippen molar-refractivity contribution in [3.8, 4) is 0 Å². The Bertz CT molecular complexity index is 766. The molecule has 1 fully saturated rings. The van der Waals surface area contributed by atoms with Gasteiger partial charge >= 0.3 is 0 Å². The summed E-state index contributed by atoms with van der Waals surface area (Å²) in [5.41, 5.74) is 2.50. The van der Waals surface area contributed by atoms with Crippen LogP contribution in [0.5, 0.6) is 0 Å². The van der Waals surface area contributed by atoms with Gasteiger partial charge in [0.15, 0.2) is 5.69 Å². The van der Waals surface area contributed by atoms with Crippen LogP contribution in [0.25, 0.3) is 0 Å². The van der Waals surface area contributed by atoms with E-state index in [-0.39, 0.29) is 29.9 Å². The minimum Gasteiger partial charge on any atom is -0.328 e. The van der Waals surface area contributed by atoms with Gasteiger partial charge in [0.1, 0.15) is 0 Å². The molecule has 7 heteroatoms. The summed E-state index contributed by atoms with van der Waals surface area (Å²) < 4.78 is 1.99. The lowest BCUT2D eigenvalue weighted by molar-refractivity contribution is 0.0626. The molecule has 1 aliphatic heterocycles. The second kappa shape index (κ2) is 8.40. The average molecular weight is 392 g/mol. The predicted molar refractivity (Wildman–Crippen MR) is 109 cm³/mol. The number of amides is 1. The molecule has 0 radical (unpaired) electrons. The van der Waals surface area contributed by atoms with E-state index in [1.165, 1.54) is 0 Å². The van der Waals surface area contributed by atoms with Gasteiger partial charge in [-0.15, -0.1) is 12.4 Å². The Balaban J connectivity index is 0.00000261. The van der Waals surface area contributed by atoms with Crippen molar-refractivity contribution < 1.29 is 4.79 Å². The topological polar surface area (TPSA) is 63.1 Å². The molecule has 2 aromatic heterocycles. The van der Waals surface area contributed by atoms with E-state index in [0.29, 0.717) is 18.2 Å². The lowest BCUT2D eigenvalue weighted by Crippen LogP contribution is -2.48. The molecule has 2 aromatic rings. The number of nitrogens with one attached hydrogen (secondary N) is 1. The summed E-state index contributed by atoms with van der Waals surface area (Å²) in [4.78, 5) is 19.4. The van der Waals surface area contributed by atoms with E-state index < -0.39 is 0 Å². The van der Waals surface area contributed by atoms with Crippen LogP contribution in [0.3, 0.4) is 0 Å². The van der Waals surface area contributed by atoms with Crippen LogP contribution in [0.4, 0.5) is 0 Å². The maximum absolute atomic E-state index is 13.3. The Hall–Kier alpha value is -1.92. The van der Waals surface area contributed by atoms with Crippen LogP contribution in [-0.4, -0.2) is 45.2 Å². The molecule has 3 heterocycles. The fraction of sp³-hybridized carbons (Fsp3) is 0.550. The summed E-state index contributed by atoms with van der Waals surface area (Å²) >= 11 is 0. The molecular weight excluding hydrogens is 362 g/mol. The molecule has 27 heavy (non-hydrogen) atoms. The summed E-state index contributed by atoms with van der Waals surface area (Å²) in [6, 6.07) is 5.88. The number of nitrogens with zero attached hydrogens (tertiary/aromatic N) is 4. The van der Waals surface area contributed by atoms with Gasteiger partial charge in [-0.3, -0.25) is 14.5 Å². The van der Waals surface area contributed by atoms with Gasteiger partial charge in [0.05, 0.1) is 11.6 Å². The van der Waals surface area contributed by atoms with Gasteiger partial charge in [0.2, 0.25) is 0 Å². The molecule has 0 bridgehead atoms. The number of aromatic nitrogens is 3. The van der Waals surface area contributed by atoms with Crippen LogP contribution in [0.1, 0.15) is 68.3 Å². The SMILES string of the molecule is CC(C)c1cc(C(=O)N2CCNCC2c2cccnc2)nn1C(C)(C)C.Cl. The second-order valence-electron chi connectivity index (χ2n) is 8.20. The maximum atomic E-state index is 13.3. The average Bonchev–Trinajstić information content (AvgIpc) is 3.08. The van der Waals surface area contributed by atoms with Gasteiger partial charge in [-0.2, -0.15) is 5.10 Å². The third-order valence-electron chi connectivity index (χ3n) is 4.76. The lowest BCUT2D eigenvalue weighted by Gasteiger charge is -2.36. The van der Waals surface area contributed by atoms with Gasteiger partial charge in [0.25, 0.3) is 5.91 Å². The molecule has 1 N–H and O–H groups in total. The van der Waals surface area contributed by atoms with Crippen molar-refractivity contribution in [3.63, 3.8) is 0 Å². The van der Waals surface area contributed by atoms with Crippen LogP contribution in [-0.2, 0) is 5.54 Å². The Morgan fingerprint density at radius 1 is 1.33 bits per heavy atom. The quantitative estimate of drug-likeness (QED) is 0.871. The smallest absolute Gasteiger partial charge is 0.274 e.